The molecule has 0 amide bonds. The molecule has 0 saturated heterocycles. The molecule has 22 heavy (non-hydrogen) atoms. The first-order chi connectivity index (χ1) is 10.9. The van der Waals surface area contributed by atoms with E-state index < -0.39 is 0 Å². The van der Waals surface area contributed by atoms with Crippen LogP contribution < -0.4 is 10.7 Å². The Balaban J connectivity index is 1.73. The topological polar surface area (TPSA) is 74.6 Å². The van der Waals surface area contributed by atoms with Gasteiger partial charge in [-0.2, -0.15) is 5.10 Å². The molecule has 6 heteroatoms. The number of pyridine rings is 2. The van der Waals surface area contributed by atoms with Crippen molar-refractivity contribution in [1.29, 1.82) is 0 Å². The number of nitrogens with one attached hydrogen (secondary N) is 2. The molecule has 1 aliphatic heterocycles. The summed E-state index contributed by atoms with van der Waals surface area (Å²) in [5, 5.41) is 9.44. The van der Waals surface area contributed by atoms with Crippen molar-refractivity contribution in [1.82, 2.24) is 20.7 Å². The normalized spacial score (nSPS) is 14.5. The van der Waals surface area contributed by atoms with E-state index in [4.69, 9.17) is 4.98 Å². The Bertz CT molecular complexity index is 899. The number of hydrogen-bond donors (Lipinski definition) is 2. The quantitative estimate of drug-likeness (QED) is 0.428. The summed E-state index contributed by atoms with van der Waals surface area (Å²) < 4.78 is 0. The van der Waals surface area contributed by atoms with Crippen molar-refractivity contribution in [2.45, 2.75) is 0 Å². The number of rotatable bonds is 2. The summed E-state index contributed by atoms with van der Waals surface area (Å²) in [6.45, 7) is 1.64. The highest BCUT2D eigenvalue weighted by molar-refractivity contribution is 6.02. The first kappa shape index (κ1) is 12.7. The molecule has 0 unspecified atom stereocenters. The molecule has 3 heterocycles. The Labute approximate surface area is 127 Å². The zero-order valence-electron chi connectivity index (χ0n) is 11.8. The second-order valence-corrected chi connectivity index (χ2v) is 5.00. The monoisotopic (exact) mass is 290 g/mol. The lowest BCUT2D eigenvalue weighted by Crippen LogP contribution is -2.30. The molecule has 1 aliphatic rings. The van der Waals surface area contributed by atoms with Crippen LogP contribution in [0.4, 0.5) is 0 Å². The third kappa shape index (κ3) is 2.35. The maximum absolute atomic E-state index is 4.72. The van der Waals surface area contributed by atoms with Gasteiger partial charge in [-0.3, -0.25) is 4.98 Å². The lowest BCUT2D eigenvalue weighted by molar-refractivity contribution is 0.920. The number of nitrogens with zero attached hydrogens (tertiary/aromatic N) is 4. The predicted octanol–water partition coefficient (Wildman–Crippen LogP) is 1.67. The van der Waals surface area contributed by atoms with Crippen LogP contribution in [0.5, 0.6) is 0 Å². The van der Waals surface area contributed by atoms with Crippen molar-refractivity contribution in [2.24, 2.45) is 10.1 Å². The maximum Gasteiger partial charge on any atom is 0.212 e. The van der Waals surface area contributed by atoms with Gasteiger partial charge in [-0.05, 0) is 12.1 Å². The van der Waals surface area contributed by atoms with Gasteiger partial charge >= 0.3 is 0 Å². The van der Waals surface area contributed by atoms with Crippen LogP contribution in [-0.4, -0.2) is 35.2 Å². The number of aromatic nitrogens is 2. The lowest BCUT2D eigenvalue weighted by Gasteiger charge is -2.04. The van der Waals surface area contributed by atoms with Gasteiger partial charge in [-0.1, -0.05) is 18.2 Å². The van der Waals surface area contributed by atoms with Crippen LogP contribution in [0.3, 0.4) is 0 Å². The van der Waals surface area contributed by atoms with Gasteiger partial charge in [-0.25, -0.2) is 15.4 Å². The largest absolute Gasteiger partial charge is 0.353 e. The van der Waals surface area contributed by atoms with Gasteiger partial charge < -0.3 is 5.32 Å². The summed E-state index contributed by atoms with van der Waals surface area (Å²) in [6.07, 6.45) is 5.35. The number of guanidine groups is 1. The molecule has 0 saturated carbocycles. The number of aliphatic imine (C=N–C) groups is 1. The number of hydrogen-bond acceptors (Lipinski definition) is 6. The smallest absolute Gasteiger partial charge is 0.212 e. The first-order valence-electron chi connectivity index (χ1n) is 7.11. The van der Waals surface area contributed by atoms with Crippen molar-refractivity contribution >= 4 is 34.0 Å². The molecule has 0 fully saturated rings. The molecule has 0 atom stereocenters. The Hall–Kier alpha value is -3.02. The molecule has 0 radical (unpaired) electrons. The van der Waals surface area contributed by atoms with Crippen LogP contribution in [0.15, 0.2) is 52.8 Å². The van der Waals surface area contributed by atoms with E-state index in [1.807, 2.05) is 30.5 Å². The molecule has 3 aromatic rings. The minimum atomic E-state index is 0.709. The average molecular weight is 290 g/mol. The van der Waals surface area contributed by atoms with Crippen LogP contribution in [0.25, 0.3) is 21.8 Å². The van der Waals surface area contributed by atoms with E-state index in [9.17, 15) is 0 Å². The highest BCUT2D eigenvalue weighted by Crippen LogP contribution is 2.20. The summed E-state index contributed by atoms with van der Waals surface area (Å²) in [4.78, 5) is 13.1. The van der Waals surface area contributed by atoms with Crippen molar-refractivity contribution in [2.75, 3.05) is 13.1 Å². The fourth-order valence-electron chi connectivity index (χ4n) is 2.47. The van der Waals surface area contributed by atoms with Gasteiger partial charge in [0.15, 0.2) is 0 Å². The van der Waals surface area contributed by atoms with Crippen LogP contribution in [0.2, 0.25) is 0 Å². The zero-order valence-corrected chi connectivity index (χ0v) is 11.8. The summed E-state index contributed by atoms with van der Waals surface area (Å²) >= 11 is 0. The predicted molar refractivity (Wildman–Crippen MR) is 88.1 cm³/mol. The molecule has 0 bridgehead atoms. The highest BCUT2D eigenvalue weighted by atomic mass is 15.4. The molecule has 0 spiro atoms. The van der Waals surface area contributed by atoms with E-state index in [1.165, 1.54) is 0 Å². The molecular formula is C16H14N6. The van der Waals surface area contributed by atoms with Crippen molar-refractivity contribution in [3.05, 3.63) is 48.3 Å². The fourth-order valence-corrected chi connectivity index (χ4v) is 2.47. The molecule has 108 valence electrons. The number of fused-ring (bicyclic) bond motifs is 2. The SMILES string of the molecule is C(=N/NC1=NCCN1)/c1cccc2cc3cnccc3nc12. The van der Waals surface area contributed by atoms with E-state index in [0.29, 0.717) is 5.96 Å². The molecule has 4 rings (SSSR count). The zero-order chi connectivity index (χ0) is 14.8. The summed E-state index contributed by atoms with van der Waals surface area (Å²) in [5.41, 5.74) is 5.72. The first-order valence-corrected chi connectivity index (χ1v) is 7.11. The fraction of sp³-hybridized carbons (Fsp3) is 0.125. The third-order valence-electron chi connectivity index (χ3n) is 3.52. The molecule has 6 nitrogen and oxygen atoms in total. The Morgan fingerprint density at radius 2 is 2.23 bits per heavy atom. The van der Waals surface area contributed by atoms with Crippen molar-refractivity contribution in [3.63, 3.8) is 0 Å². The van der Waals surface area contributed by atoms with Gasteiger partial charge in [0.05, 0.1) is 23.8 Å². The molecule has 1 aromatic carbocycles. The van der Waals surface area contributed by atoms with Gasteiger partial charge in [0.1, 0.15) is 0 Å². The molecule has 0 aliphatic carbocycles. The van der Waals surface area contributed by atoms with E-state index in [-0.39, 0.29) is 0 Å². The van der Waals surface area contributed by atoms with E-state index in [0.717, 1.165) is 40.5 Å². The Morgan fingerprint density at radius 3 is 3.14 bits per heavy atom. The average Bonchev–Trinajstić information content (AvgIpc) is 3.07. The van der Waals surface area contributed by atoms with Crippen molar-refractivity contribution in [3.8, 4) is 0 Å². The summed E-state index contributed by atoms with van der Waals surface area (Å²) in [5.74, 6) is 0.709. The summed E-state index contributed by atoms with van der Waals surface area (Å²) in [6, 6.07) is 10.1. The van der Waals surface area contributed by atoms with E-state index in [1.54, 1.807) is 12.4 Å². The summed E-state index contributed by atoms with van der Waals surface area (Å²) in [7, 11) is 0. The van der Waals surface area contributed by atoms with Gasteiger partial charge in [0.25, 0.3) is 0 Å². The van der Waals surface area contributed by atoms with Gasteiger partial charge in [-0.15, -0.1) is 0 Å². The lowest BCUT2D eigenvalue weighted by atomic mass is 10.1. The maximum atomic E-state index is 4.72. The van der Waals surface area contributed by atoms with Gasteiger partial charge in [0.2, 0.25) is 5.96 Å². The Kier molecular flexibility index (Phi) is 3.12. The van der Waals surface area contributed by atoms with Crippen LogP contribution in [0.1, 0.15) is 5.56 Å². The standard InChI is InChI=1S/C16H14N6/c1-2-11-8-13-9-17-5-4-14(13)21-15(11)12(3-1)10-20-22-16-18-6-7-19-16/h1-5,8-10H,6-7H2,(H2,18,19,22)/b20-10-. The van der Waals surface area contributed by atoms with Crippen LogP contribution in [0, 0.1) is 0 Å². The number of para-hydroxylation sites is 1. The third-order valence-corrected chi connectivity index (χ3v) is 3.52. The number of benzene rings is 1. The van der Waals surface area contributed by atoms with Gasteiger partial charge in [0, 0.05) is 35.3 Å². The minimum Gasteiger partial charge on any atom is -0.353 e. The number of hydrazone groups is 1. The molecular weight excluding hydrogens is 276 g/mol. The molecule has 2 aromatic heterocycles. The van der Waals surface area contributed by atoms with Crippen LogP contribution in [-0.2, 0) is 0 Å². The second kappa shape index (κ2) is 5.40. The van der Waals surface area contributed by atoms with E-state index >= 15 is 0 Å². The second-order valence-electron chi connectivity index (χ2n) is 5.00. The van der Waals surface area contributed by atoms with Crippen molar-refractivity contribution < 1.29 is 0 Å². The highest BCUT2D eigenvalue weighted by Gasteiger charge is 2.04. The van der Waals surface area contributed by atoms with Crippen LogP contribution >= 0.6 is 0 Å². The minimum absolute atomic E-state index is 0.709. The van der Waals surface area contributed by atoms with E-state index in [2.05, 4.69) is 31.9 Å². The Morgan fingerprint density at radius 1 is 1.23 bits per heavy atom. The molecule has 2 N–H and O–H groups in total.